The Hall–Kier alpha value is -1.02. The highest BCUT2D eigenvalue weighted by molar-refractivity contribution is 5.52. The molecule has 1 aliphatic heterocycles. The molecule has 1 saturated heterocycles. The van der Waals surface area contributed by atoms with Gasteiger partial charge in [-0.05, 0) is 51.0 Å². The van der Waals surface area contributed by atoms with Crippen molar-refractivity contribution in [2.75, 3.05) is 18.0 Å². The van der Waals surface area contributed by atoms with Crippen LogP contribution in [0.3, 0.4) is 0 Å². The third kappa shape index (κ3) is 2.07. The van der Waals surface area contributed by atoms with Crippen molar-refractivity contribution in [2.45, 2.75) is 39.8 Å². The van der Waals surface area contributed by atoms with Crippen molar-refractivity contribution in [3.05, 3.63) is 29.3 Å². The van der Waals surface area contributed by atoms with Crippen LogP contribution in [0.15, 0.2) is 18.2 Å². The fourth-order valence-corrected chi connectivity index (χ4v) is 2.53. The average Bonchev–Trinajstić information content (AvgIpc) is 2.23. The molecule has 0 aromatic heterocycles. The zero-order valence-corrected chi connectivity index (χ0v) is 10.7. The highest BCUT2D eigenvalue weighted by atomic mass is 15.2. The number of rotatable bonds is 1. The Kier molecular flexibility index (Phi) is 3.20. The second-order valence-electron chi connectivity index (χ2n) is 5.03. The van der Waals surface area contributed by atoms with E-state index in [-0.39, 0.29) is 0 Å². The predicted molar refractivity (Wildman–Crippen MR) is 70.2 cm³/mol. The van der Waals surface area contributed by atoms with E-state index in [4.69, 9.17) is 0 Å². The molecule has 0 radical (unpaired) electrons. The molecule has 0 aliphatic carbocycles. The smallest absolute Gasteiger partial charge is 0.0389 e. The lowest BCUT2D eigenvalue weighted by atomic mass is 10.0. The minimum Gasteiger partial charge on any atom is -0.364 e. The summed E-state index contributed by atoms with van der Waals surface area (Å²) in [5.41, 5.74) is 4.12. The van der Waals surface area contributed by atoms with Gasteiger partial charge in [-0.15, -0.1) is 0 Å². The molecule has 2 heteroatoms. The van der Waals surface area contributed by atoms with Gasteiger partial charge in [0.25, 0.3) is 0 Å². The Morgan fingerprint density at radius 3 is 2.25 bits per heavy atom. The van der Waals surface area contributed by atoms with E-state index in [1.165, 1.54) is 16.8 Å². The molecule has 2 atom stereocenters. The van der Waals surface area contributed by atoms with Gasteiger partial charge in [-0.2, -0.15) is 0 Å². The van der Waals surface area contributed by atoms with E-state index in [0.717, 1.165) is 13.1 Å². The fourth-order valence-electron chi connectivity index (χ4n) is 2.53. The summed E-state index contributed by atoms with van der Waals surface area (Å²) in [4.78, 5) is 2.53. The van der Waals surface area contributed by atoms with Gasteiger partial charge in [-0.25, -0.2) is 0 Å². The first-order valence-electron chi connectivity index (χ1n) is 6.16. The molecule has 1 aromatic carbocycles. The molecule has 2 rings (SSSR count). The van der Waals surface area contributed by atoms with Gasteiger partial charge in [0.05, 0.1) is 0 Å². The van der Waals surface area contributed by atoms with E-state index in [9.17, 15) is 0 Å². The zero-order valence-electron chi connectivity index (χ0n) is 10.7. The van der Waals surface area contributed by atoms with Gasteiger partial charge in [0.15, 0.2) is 0 Å². The van der Waals surface area contributed by atoms with Gasteiger partial charge in [0, 0.05) is 30.9 Å². The van der Waals surface area contributed by atoms with E-state index in [1.807, 2.05) is 0 Å². The lowest BCUT2D eigenvalue weighted by Gasteiger charge is -2.41. The summed E-state index contributed by atoms with van der Waals surface area (Å²) in [7, 11) is 0. The van der Waals surface area contributed by atoms with E-state index in [1.54, 1.807) is 0 Å². The molecular weight excluding hydrogens is 196 g/mol. The highest BCUT2D eigenvalue weighted by Gasteiger charge is 2.24. The van der Waals surface area contributed by atoms with Gasteiger partial charge >= 0.3 is 0 Å². The first-order chi connectivity index (χ1) is 7.59. The molecule has 1 heterocycles. The minimum absolute atomic E-state index is 0.575. The Morgan fingerprint density at radius 1 is 1.06 bits per heavy atom. The molecule has 0 spiro atoms. The molecule has 1 N–H and O–H groups in total. The third-order valence-electron chi connectivity index (χ3n) is 3.62. The van der Waals surface area contributed by atoms with Gasteiger partial charge in [0.2, 0.25) is 0 Å². The van der Waals surface area contributed by atoms with Crippen molar-refractivity contribution in [3.63, 3.8) is 0 Å². The van der Waals surface area contributed by atoms with Crippen molar-refractivity contribution in [1.82, 2.24) is 5.32 Å². The minimum atomic E-state index is 0.575. The normalized spacial score (nSPS) is 25.9. The van der Waals surface area contributed by atoms with E-state index in [2.05, 4.69) is 56.1 Å². The molecule has 16 heavy (non-hydrogen) atoms. The third-order valence-corrected chi connectivity index (χ3v) is 3.62. The molecule has 1 aliphatic rings. The second kappa shape index (κ2) is 4.46. The Bertz CT molecular complexity index is 363. The van der Waals surface area contributed by atoms with Crippen LogP contribution < -0.4 is 10.2 Å². The topological polar surface area (TPSA) is 15.3 Å². The van der Waals surface area contributed by atoms with Crippen LogP contribution in [-0.2, 0) is 0 Å². The quantitative estimate of drug-likeness (QED) is 0.779. The van der Waals surface area contributed by atoms with E-state index in [0.29, 0.717) is 12.1 Å². The fraction of sp³-hybridized carbons (Fsp3) is 0.571. The van der Waals surface area contributed by atoms with Crippen LogP contribution in [0.4, 0.5) is 5.69 Å². The van der Waals surface area contributed by atoms with Crippen molar-refractivity contribution >= 4 is 5.69 Å². The van der Waals surface area contributed by atoms with Crippen LogP contribution in [-0.4, -0.2) is 25.2 Å². The number of benzene rings is 1. The lowest BCUT2D eigenvalue weighted by Crippen LogP contribution is -2.55. The molecule has 0 amide bonds. The van der Waals surface area contributed by atoms with Crippen LogP contribution in [0.2, 0.25) is 0 Å². The summed E-state index contributed by atoms with van der Waals surface area (Å²) in [6, 6.07) is 7.94. The molecule has 1 aromatic rings. The van der Waals surface area contributed by atoms with Crippen LogP contribution in [0.1, 0.15) is 25.0 Å². The number of nitrogens with one attached hydrogen (secondary N) is 1. The first-order valence-corrected chi connectivity index (χ1v) is 6.16. The van der Waals surface area contributed by atoms with Crippen LogP contribution in [0.25, 0.3) is 0 Å². The monoisotopic (exact) mass is 218 g/mol. The number of piperazine rings is 1. The molecule has 1 fully saturated rings. The second-order valence-corrected chi connectivity index (χ2v) is 5.03. The lowest BCUT2D eigenvalue weighted by molar-refractivity contribution is 0.432. The van der Waals surface area contributed by atoms with Crippen molar-refractivity contribution in [2.24, 2.45) is 0 Å². The molecule has 88 valence electrons. The molecule has 0 bridgehead atoms. The summed E-state index contributed by atoms with van der Waals surface area (Å²) < 4.78 is 0. The Balaban J connectivity index is 2.30. The largest absolute Gasteiger partial charge is 0.364 e. The summed E-state index contributed by atoms with van der Waals surface area (Å²) in [6.45, 7) is 11.1. The predicted octanol–water partition coefficient (Wildman–Crippen LogP) is 2.49. The van der Waals surface area contributed by atoms with Gasteiger partial charge in [-0.1, -0.05) is 6.07 Å². The molecule has 2 nitrogen and oxygen atoms in total. The Morgan fingerprint density at radius 2 is 1.69 bits per heavy atom. The van der Waals surface area contributed by atoms with E-state index >= 15 is 0 Å². The number of hydrogen-bond acceptors (Lipinski definition) is 2. The SMILES string of the molecule is Cc1ccc(N2C(C)CNCC2C)cc1C. The maximum absolute atomic E-state index is 3.47. The number of aryl methyl sites for hydroxylation is 2. The van der Waals surface area contributed by atoms with Gasteiger partial charge in [0.1, 0.15) is 0 Å². The maximum atomic E-state index is 3.47. The summed E-state index contributed by atoms with van der Waals surface area (Å²) in [6.07, 6.45) is 0. The summed E-state index contributed by atoms with van der Waals surface area (Å²) in [5.74, 6) is 0. The summed E-state index contributed by atoms with van der Waals surface area (Å²) in [5, 5.41) is 3.47. The molecule has 2 unspecified atom stereocenters. The first kappa shape index (κ1) is 11.5. The maximum Gasteiger partial charge on any atom is 0.0389 e. The van der Waals surface area contributed by atoms with Crippen LogP contribution in [0.5, 0.6) is 0 Å². The zero-order chi connectivity index (χ0) is 11.7. The molecule has 0 saturated carbocycles. The number of nitrogens with zero attached hydrogens (tertiary/aromatic N) is 1. The number of anilines is 1. The van der Waals surface area contributed by atoms with Crippen molar-refractivity contribution in [1.29, 1.82) is 0 Å². The standard InChI is InChI=1S/C14H22N2/c1-10-5-6-14(7-11(10)2)16-12(3)8-15-9-13(16)4/h5-7,12-13,15H,8-9H2,1-4H3. The van der Waals surface area contributed by atoms with Gasteiger partial charge in [-0.3, -0.25) is 0 Å². The van der Waals surface area contributed by atoms with Crippen molar-refractivity contribution < 1.29 is 0 Å². The highest BCUT2D eigenvalue weighted by Crippen LogP contribution is 2.24. The van der Waals surface area contributed by atoms with Gasteiger partial charge < -0.3 is 10.2 Å². The summed E-state index contributed by atoms with van der Waals surface area (Å²) >= 11 is 0. The van der Waals surface area contributed by atoms with E-state index < -0.39 is 0 Å². The van der Waals surface area contributed by atoms with Crippen LogP contribution in [0, 0.1) is 13.8 Å². The average molecular weight is 218 g/mol. The van der Waals surface area contributed by atoms with Crippen LogP contribution >= 0.6 is 0 Å². The Labute approximate surface area is 98.7 Å². The number of hydrogen-bond donors (Lipinski definition) is 1. The van der Waals surface area contributed by atoms with Crippen molar-refractivity contribution in [3.8, 4) is 0 Å². The molecular formula is C14H22N2.